The van der Waals surface area contributed by atoms with Gasteiger partial charge in [-0.25, -0.2) is 4.68 Å². The lowest BCUT2D eigenvalue weighted by atomic mass is 9.89. The second-order valence-electron chi connectivity index (χ2n) is 11.3. The Kier molecular flexibility index (Phi) is 7.31. The topological polar surface area (TPSA) is 133 Å². The van der Waals surface area contributed by atoms with E-state index in [-0.39, 0.29) is 24.3 Å². The Morgan fingerprint density at radius 2 is 1.71 bits per heavy atom. The van der Waals surface area contributed by atoms with Crippen LogP contribution >= 0.6 is 0 Å². The number of hydrogen-bond acceptors (Lipinski definition) is 6. The third-order valence-corrected chi connectivity index (χ3v) is 8.36. The molecule has 212 valence electrons. The van der Waals surface area contributed by atoms with Gasteiger partial charge in [0.25, 0.3) is 0 Å². The Morgan fingerprint density at radius 1 is 1.05 bits per heavy atom. The van der Waals surface area contributed by atoms with Gasteiger partial charge in [-0.1, -0.05) is 53.7 Å². The van der Waals surface area contributed by atoms with Crippen molar-refractivity contribution in [1.82, 2.24) is 25.6 Å². The van der Waals surface area contributed by atoms with Gasteiger partial charge in [0.1, 0.15) is 6.04 Å². The maximum Gasteiger partial charge on any atom is 0.243 e. The number of nitrogens with one attached hydrogen (secondary N) is 2. The van der Waals surface area contributed by atoms with Gasteiger partial charge in [0, 0.05) is 12.5 Å². The van der Waals surface area contributed by atoms with Crippen LogP contribution in [0.1, 0.15) is 48.1 Å². The molecule has 0 saturated heterocycles. The predicted molar refractivity (Wildman–Crippen MR) is 156 cm³/mol. The first-order valence-corrected chi connectivity index (χ1v) is 14.2. The van der Waals surface area contributed by atoms with Gasteiger partial charge < -0.3 is 15.7 Å². The molecule has 2 fully saturated rings. The lowest BCUT2D eigenvalue weighted by Gasteiger charge is -2.33. The fourth-order valence-corrected chi connectivity index (χ4v) is 5.64. The van der Waals surface area contributed by atoms with Crippen molar-refractivity contribution in [2.75, 3.05) is 0 Å². The fraction of sp³-hybridized carbons (Fsp3) is 0.303. The predicted octanol–water partition coefficient (Wildman–Crippen LogP) is 3.51. The van der Waals surface area contributed by atoms with Gasteiger partial charge in [-0.15, -0.1) is 5.10 Å². The zero-order chi connectivity index (χ0) is 29.3. The monoisotopic (exact) mass is 560 g/mol. The van der Waals surface area contributed by atoms with Crippen molar-refractivity contribution in [3.8, 4) is 22.9 Å². The number of aromatic nitrogens is 3. The number of aliphatic hydroxyl groups is 1. The molecule has 6 rings (SSSR count). The van der Waals surface area contributed by atoms with Crippen LogP contribution in [0, 0.1) is 18.3 Å². The molecule has 1 aromatic heterocycles. The Morgan fingerprint density at radius 3 is 2.33 bits per heavy atom. The average Bonchev–Trinajstić information content (AvgIpc) is 3.67. The minimum atomic E-state index is -0.833. The lowest BCUT2D eigenvalue weighted by molar-refractivity contribution is -0.131. The van der Waals surface area contributed by atoms with Crippen molar-refractivity contribution in [3.05, 3.63) is 101 Å². The van der Waals surface area contributed by atoms with Gasteiger partial charge in [-0.2, -0.15) is 5.26 Å². The molecule has 3 N–H and O–H groups in total. The largest absolute Gasteiger partial charge is 0.393 e. The van der Waals surface area contributed by atoms with E-state index in [0.29, 0.717) is 24.1 Å². The zero-order valence-corrected chi connectivity index (χ0v) is 23.3. The SMILES string of the molecule is Cc1ccccc1C1(C(=O)NC(Cc2cn(-c3ccc(-c4ccc(C#N)cc4)cc3)nn2)C(=O)NC2CC(O)C2)CC1. The molecule has 3 aromatic carbocycles. The van der Waals surface area contributed by atoms with E-state index in [1.165, 1.54) is 0 Å². The number of nitriles is 1. The van der Waals surface area contributed by atoms with E-state index in [2.05, 4.69) is 27.0 Å². The van der Waals surface area contributed by atoms with E-state index in [1.807, 2.05) is 67.6 Å². The number of aryl methyl sites for hydroxylation is 1. The minimum Gasteiger partial charge on any atom is -0.393 e. The van der Waals surface area contributed by atoms with Gasteiger partial charge in [-0.05, 0) is 79.1 Å². The number of benzene rings is 3. The summed E-state index contributed by atoms with van der Waals surface area (Å²) in [6, 6.07) is 24.3. The van der Waals surface area contributed by atoms with Crippen LogP contribution in [0.4, 0.5) is 0 Å². The fourth-order valence-electron chi connectivity index (χ4n) is 5.64. The summed E-state index contributed by atoms with van der Waals surface area (Å²) in [6.07, 6.45) is 4.04. The molecule has 0 spiro atoms. The molecule has 9 nitrogen and oxygen atoms in total. The van der Waals surface area contributed by atoms with Gasteiger partial charge in [0.05, 0.1) is 40.7 Å². The maximum absolute atomic E-state index is 13.6. The Balaban J connectivity index is 1.18. The molecular formula is C33H32N6O3. The molecule has 1 unspecified atom stereocenters. The molecule has 2 aliphatic rings. The number of nitrogens with zero attached hydrogens (tertiary/aromatic N) is 4. The van der Waals surface area contributed by atoms with Crippen molar-refractivity contribution in [3.63, 3.8) is 0 Å². The molecule has 0 bridgehead atoms. The Labute approximate surface area is 244 Å². The van der Waals surface area contributed by atoms with Crippen LogP contribution < -0.4 is 10.6 Å². The smallest absolute Gasteiger partial charge is 0.243 e. The van der Waals surface area contributed by atoms with Gasteiger partial charge in [0.2, 0.25) is 11.8 Å². The third kappa shape index (κ3) is 5.54. The highest BCUT2D eigenvalue weighted by Crippen LogP contribution is 2.49. The van der Waals surface area contributed by atoms with Crippen molar-refractivity contribution in [1.29, 1.82) is 5.26 Å². The molecule has 2 amide bonds. The zero-order valence-electron chi connectivity index (χ0n) is 23.3. The van der Waals surface area contributed by atoms with Crippen LogP contribution in [0.15, 0.2) is 79.0 Å². The molecule has 2 aliphatic carbocycles. The van der Waals surface area contributed by atoms with Gasteiger partial charge in [0.15, 0.2) is 0 Å². The van der Waals surface area contributed by atoms with E-state index in [9.17, 15) is 14.7 Å². The first-order chi connectivity index (χ1) is 20.3. The molecule has 0 aliphatic heterocycles. The van der Waals surface area contributed by atoms with E-state index in [0.717, 1.165) is 40.8 Å². The molecule has 1 atom stereocenters. The first-order valence-electron chi connectivity index (χ1n) is 14.2. The van der Waals surface area contributed by atoms with Crippen molar-refractivity contribution < 1.29 is 14.7 Å². The highest BCUT2D eigenvalue weighted by molar-refractivity contribution is 5.95. The second-order valence-corrected chi connectivity index (χ2v) is 11.3. The van der Waals surface area contributed by atoms with E-state index in [1.54, 1.807) is 23.0 Å². The number of carbonyl (C=O) groups excluding carboxylic acids is 2. The summed E-state index contributed by atoms with van der Waals surface area (Å²) in [4.78, 5) is 27.0. The quantitative estimate of drug-likeness (QED) is 0.287. The number of rotatable bonds is 9. The Bertz CT molecular complexity index is 1640. The molecule has 2 saturated carbocycles. The number of carbonyl (C=O) groups is 2. The molecule has 42 heavy (non-hydrogen) atoms. The minimum absolute atomic E-state index is 0.108. The first kappa shape index (κ1) is 27.4. The van der Waals surface area contributed by atoms with Crippen LogP contribution in [-0.2, 0) is 21.4 Å². The second kappa shape index (κ2) is 11.2. The van der Waals surface area contributed by atoms with Crippen molar-refractivity contribution in [2.24, 2.45) is 0 Å². The van der Waals surface area contributed by atoms with Crippen LogP contribution in [0.25, 0.3) is 16.8 Å². The van der Waals surface area contributed by atoms with Crippen molar-refractivity contribution in [2.45, 2.75) is 62.6 Å². The number of aliphatic hydroxyl groups excluding tert-OH is 1. The van der Waals surface area contributed by atoms with Gasteiger partial charge in [-0.3, -0.25) is 9.59 Å². The maximum atomic E-state index is 13.6. The van der Waals surface area contributed by atoms with Crippen LogP contribution in [0.5, 0.6) is 0 Å². The van der Waals surface area contributed by atoms with Gasteiger partial charge >= 0.3 is 0 Å². The highest BCUT2D eigenvalue weighted by Gasteiger charge is 2.52. The third-order valence-electron chi connectivity index (χ3n) is 8.36. The van der Waals surface area contributed by atoms with Crippen LogP contribution in [-0.4, -0.2) is 50.1 Å². The summed E-state index contributed by atoms with van der Waals surface area (Å²) in [7, 11) is 0. The summed E-state index contributed by atoms with van der Waals surface area (Å²) < 4.78 is 1.65. The molecule has 9 heteroatoms. The summed E-state index contributed by atoms with van der Waals surface area (Å²) in [6.45, 7) is 2.00. The lowest BCUT2D eigenvalue weighted by Crippen LogP contribution is -2.55. The summed E-state index contributed by atoms with van der Waals surface area (Å²) in [5.41, 5.74) is 5.43. The van der Waals surface area contributed by atoms with E-state index in [4.69, 9.17) is 5.26 Å². The molecule has 4 aromatic rings. The van der Waals surface area contributed by atoms with E-state index < -0.39 is 17.6 Å². The number of amides is 2. The normalized spacial score (nSPS) is 19.2. The van der Waals surface area contributed by atoms with Crippen molar-refractivity contribution >= 4 is 11.8 Å². The summed E-state index contributed by atoms with van der Waals surface area (Å²) >= 11 is 0. The average molecular weight is 561 g/mol. The van der Waals surface area contributed by atoms with Crippen LogP contribution in [0.2, 0.25) is 0 Å². The summed E-state index contributed by atoms with van der Waals surface area (Å²) in [5.74, 6) is -0.446. The molecule has 1 heterocycles. The van der Waals surface area contributed by atoms with Crippen LogP contribution in [0.3, 0.4) is 0 Å². The molecule has 0 radical (unpaired) electrons. The Hall–Kier alpha value is -4.81. The number of hydrogen-bond donors (Lipinski definition) is 3. The highest BCUT2D eigenvalue weighted by atomic mass is 16.3. The standard InChI is InChI=1S/C33H32N6O3/c1-21-4-2-3-5-29(21)33(14-15-33)32(42)36-30(31(41)35-25-16-28(40)17-25)18-26-20-39(38-37-26)27-12-10-24(11-13-27)23-8-6-22(19-34)7-9-23/h2-13,20,25,28,30,40H,14-18H2,1H3,(H,35,41)(H,36,42). The van der Waals surface area contributed by atoms with E-state index >= 15 is 0 Å². The summed E-state index contributed by atoms with van der Waals surface area (Å²) in [5, 5.41) is 33.3. The molecular weight excluding hydrogens is 528 g/mol.